The molecule has 1 aromatic rings. The number of nitrogens with one attached hydrogen (secondary N) is 1. The summed E-state index contributed by atoms with van der Waals surface area (Å²) in [5, 5.41) is 4.68. The summed E-state index contributed by atoms with van der Waals surface area (Å²) < 4.78 is 13.1. The zero-order chi connectivity index (χ0) is 15.6. The number of hydrogen-bond acceptors (Lipinski definition) is 2. The minimum atomic E-state index is -1.15. The van der Waals surface area contributed by atoms with Gasteiger partial charge < -0.3 is 5.32 Å². The fourth-order valence-electron chi connectivity index (χ4n) is 3.04. The molecule has 1 aromatic carbocycles. The lowest BCUT2D eigenvalue weighted by molar-refractivity contribution is 0.213. The summed E-state index contributed by atoms with van der Waals surface area (Å²) in [4.78, 5) is 0.662. The third kappa shape index (κ3) is 4.22. The van der Waals surface area contributed by atoms with E-state index < -0.39 is 10.8 Å². The fraction of sp³-hybridized carbons (Fsp3) is 0.625. The van der Waals surface area contributed by atoms with E-state index in [9.17, 15) is 4.21 Å². The van der Waals surface area contributed by atoms with E-state index in [1.165, 1.54) is 0 Å². The molecule has 0 amide bonds. The van der Waals surface area contributed by atoms with E-state index in [2.05, 4.69) is 26.1 Å². The summed E-state index contributed by atoms with van der Waals surface area (Å²) in [6, 6.07) is 5.48. The molecule has 0 aromatic heterocycles. The standard InChI is InChI=1S/C16H23Cl2NOS/c1-4-19-13-7-8-16(2,3)10-15(13)21(20)14-9-11(17)5-6-12(14)18/h5-6,9,13,15,19H,4,7-8,10H2,1-3H3. The molecule has 3 atom stereocenters. The Labute approximate surface area is 140 Å². The molecule has 1 aliphatic carbocycles. The Morgan fingerprint density at radius 2 is 2.10 bits per heavy atom. The van der Waals surface area contributed by atoms with E-state index in [0.717, 1.165) is 25.8 Å². The first-order chi connectivity index (χ1) is 9.84. The van der Waals surface area contributed by atoms with E-state index in [1.807, 2.05) is 0 Å². The van der Waals surface area contributed by atoms with Crippen LogP contribution >= 0.6 is 23.2 Å². The fourth-order valence-corrected chi connectivity index (χ4v) is 5.58. The average Bonchev–Trinajstić information content (AvgIpc) is 2.42. The van der Waals surface area contributed by atoms with Gasteiger partial charge in [0.05, 0.1) is 26.0 Å². The lowest BCUT2D eigenvalue weighted by atomic mass is 9.75. The molecule has 0 saturated heterocycles. The zero-order valence-electron chi connectivity index (χ0n) is 12.8. The maximum Gasteiger partial charge on any atom is 0.0592 e. The lowest BCUT2D eigenvalue weighted by Crippen LogP contribution is -2.48. The Bertz CT molecular complexity index is 533. The third-order valence-electron chi connectivity index (χ3n) is 4.19. The van der Waals surface area contributed by atoms with E-state index in [4.69, 9.17) is 23.2 Å². The van der Waals surface area contributed by atoms with Crippen molar-refractivity contribution in [3.05, 3.63) is 28.2 Å². The minimum absolute atomic E-state index is 0.0738. The average molecular weight is 348 g/mol. The highest BCUT2D eigenvalue weighted by atomic mass is 35.5. The van der Waals surface area contributed by atoms with Gasteiger partial charge in [-0.1, -0.05) is 44.0 Å². The SMILES string of the molecule is CCNC1CCC(C)(C)CC1S(=O)c1cc(Cl)ccc1Cl. The van der Waals surface area contributed by atoms with Crippen molar-refractivity contribution in [3.8, 4) is 0 Å². The highest BCUT2D eigenvalue weighted by Gasteiger charge is 2.38. The second-order valence-electron chi connectivity index (χ2n) is 6.48. The molecule has 2 rings (SSSR count). The van der Waals surface area contributed by atoms with E-state index in [0.29, 0.717) is 14.9 Å². The van der Waals surface area contributed by atoms with Crippen LogP contribution in [0.2, 0.25) is 10.0 Å². The van der Waals surface area contributed by atoms with Gasteiger partial charge in [0.2, 0.25) is 0 Å². The van der Waals surface area contributed by atoms with Gasteiger partial charge in [-0.05, 0) is 49.4 Å². The number of rotatable bonds is 4. The largest absolute Gasteiger partial charge is 0.313 e. The van der Waals surface area contributed by atoms with Crippen molar-refractivity contribution in [3.63, 3.8) is 0 Å². The number of benzene rings is 1. The smallest absolute Gasteiger partial charge is 0.0592 e. The summed E-state index contributed by atoms with van der Waals surface area (Å²) in [6.45, 7) is 7.48. The van der Waals surface area contributed by atoms with Gasteiger partial charge in [-0.25, -0.2) is 0 Å². The molecule has 1 fully saturated rings. The molecule has 21 heavy (non-hydrogen) atoms. The Kier molecular flexibility index (Phi) is 5.75. The van der Waals surface area contributed by atoms with Crippen molar-refractivity contribution in [1.29, 1.82) is 0 Å². The van der Waals surface area contributed by atoms with E-state index in [1.54, 1.807) is 18.2 Å². The van der Waals surface area contributed by atoms with Crippen LogP contribution in [0.4, 0.5) is 0 Å². The van der Waals surface area contributed by atoms with Gasteiger partial charge in [0.15, 0.2) is 0 Å². The van der Waals surface area contributed by atoms with Crippen LogP contribution in [0.25, 0.3) is 0 Å². The second kappa shape index (κ2) is 6.99. The van der Waals surface area contributed by atoms with Crippen molar-refractivity contribution in [2.45, 2.75) is 56.2 Å². The maximum atomic E-state index is 13.1. The Balaban J connectivity index is 2.30. The van der Waals surface area contributed by atoms with E-state index >= 15 is 0 Å². The second-order valence-corrected chi connectivity index (χ2v) is 8.97. The molecule has 0 heterocycles. The summed E-state index contributed by atoms with van der Waals surface area (Å²) in [5.74, 6) is 0. The normalized spacial score (nSPS) is 26.5. The summed E-state index contributed by atoms with van der Waals surface area (Å²) in [7, 11) is -1.15. The van der Waals surface area contributed by atoms with Crippen LogP contribution in [0, 0.1) is 5.41 Å². The van der Waals surface area contributed by atoms with E-state index in [-0.39, 0.29) is 16.7 Å². The molecule has 2 nitrogen and oxygen atoms in total. The highest BCUT2D eigenvalue weighted by Crippen LogP contribution is 2.40. The summed E-state index contributed by atoms with van der Waals surface area (Å²) in [5.41, 5.74) is 0.220. The Hall–Kier alpha value is -0.0900. The molecular formula is C16H23Cl2NOS. The van der Waals surface area contributed by atoms with Crippen LogP contribution in [-0.2, 0) is 10.8 Å². The Morgan fingerprint density at radius 1 is 1.38 bits per heavy atom. The van der Waals surface area contributed by atoms with Gasteiger partial charge in [0, 0.05) is 11.1 Å². The molecule has 0 aliphatic heterocycles. The molecular weight excluding hydrogens is 325 g/mol. The number of halogens is 2. The van der Waals surface area contributed by atoms with Crippen LogP contribution in [0.3, 0.4) is 0 Å². The topological polar surface area (TPSA) is 29.1 Å². The van der Waals surface area contributed by atoms with Crippen molar-refractivity contribution in [2.75, 3.05) is 6.54 Å². The molecule has 118 valence electrons. The van der Waals surface area contributed by atoms with Crippen LogP contribution in [0.1, 0.15) is 40.0 Å². The van der Waals surface area contributed by atoms with Gasteiger partial charge in [0.1, 0.15) is 0 Å². The molecule has 1 aliphatic rings. The summed E-state index contributed by atoms with van der Waals surface area (Å²) in [6.07, 6.45) is 3.14. The Morgan fingerprint density at radius 3 is 2.76 bits per heavy atom. The van der Waals surface area contributed by atoms with Gasteiger partial charge >= 0.3 is 0 Å². The zero-order valence-corrected chi connectivity index (χ0v) is 15.1. The number of hydrogen-bond donors (Lipinski definition) is 1. The van der Waals surface area contributed by atoms with Crippen molar-refractivity contribution in [2.24, 2.45) is 5.41 Å². The molecule has 5 heteroatoms. The van der Waals surface area contributed by atoms with Crippen LogP contribution in [-0.4, -0.2) is 22.0 Å². The van der Waals surface area contributed by atoms with Crippen molar-refractivity contribution in [1.82, 2.24) is 5.32 Å². The van der Waals surface area contributed by atoms with Crippen LogP contribution < -0.4 is 5.32 Å². The molecule has 0 radical (unpaired) electrons. The highest BCUT2D eigenvalue weighted by molar-refractivity contribution is 7.85. The minimum Gasteiger partial charge on any atom is -0.313 e. The van der Waals surface area contributed by atoms with Gasteiger partial charge in [-0.3, -0.25) is 4.21 Å². The van der Waals surface area contributed by atoms with Crippen molar-refractivity contribution < 1.29 is 4.21 Å². The van der Waals surface area contributed by atoms with Gasteiger partial charge in [-0.2, -0.15) is 0 Å². The quantitative estimate of drug-likeness (QED) is 0.858. The third-order valence-corrected chi connectivity index (χ3v) is 6.68. The summed E-state index contributed by atoms with van der Waals surface area (Å²) >= 11 is 12.3. The molecule has 0 spiro atoms. The maximum absolute atomic E-state index is 13.1. The lowest BCUT2D eigenvalue weighted by Gasteiger charge is -2.40. The molecule has 0 bridgehead atoms. The monoisotopic (exact) mass is 347 g/mol. The molecule has 3 unspecified atom stereocenters. The van der Waals surface area contributed by atoms with Gasteiger partial charge in [0.25, 0.3) is 0 Å². The van der Waals surface area contributed by atoms with Crippen LogP contribution in [0.15, 0.2) is 23.1 Å². The first-order valence-corrected chi connectivity index (χ1v) is 9.40. The first-order valence-electron chi connectivity index (χ1n) is 7.43. The molecule has 1 N–H and O–H groups in total. The predicted octanol–water partition coefficient (Wildman–Crippen LogP) is 4.66. The van der Waals surface area contributed by atoms with Gasteiger partial charge in [-0.15, -0.1) is 0 Å². The van der Waals surface area contributed by atoms with Crippen LogP contribution in [0.5, 0.6) is 0 Å². The first kappa shape index (κ1) is 17.3. The molecule has 1 saturated carbocycles. The predicted molar refractivity (Wildman–Crippen MR) is 91.8 cm³/mol. The van der Waals surface area contributed by atoms with Crippen molar-refractivity contribution >= 4 is 34.0 Å².